The molecule has 0 amide bonds. The second-order valence-corrected chi connectivity index (χ2v) is 5.79. The molecule has 18 heavy (non-hydrogen) atoms. The molecule has 0 fully saturated rings. The summed E-state index contributed by atoms with van der Waals surface area (Å²) in [6.45, 7) is 10.6. The number of hydrogen-bond donors (Lipinski definition) is 1. The van der Waals surface area contributed by atoms with Crippen LogP contribution in [0.5, 0.6) is 0 Å². The number of nitrogen functional groups attached to an aromatic ring is 1. The van der Waals surface area contributed by atoms with Gasteiger partial charge in [-0.25, -0.2) is 4.68 Å². The number of nitrogens with two attached hydrogens (primary N) is 1. The first-order chi connectivity index (χ1) is 8.30. The van der Waals surface area contributed by atoms with Crippen molar-refractivity contribution in [2.24, 2.45) is 0 Å². The molecule has 96 valence electrons. The minimum Gasteiger partial charge on any atom is -0.396 e. The summed E-state index contributed by atoms with van der Waals surface area (Å²) in [4.78, 5) is 0. The largest absolute Gasteiger partial charge is 0.396 e. The van der Waals surface area contributed by atoms with Crippen LogP contribution in [0.1, 0.15) is 37.7 Å². The van der Waals surface area contributed by atoms with Crippen molar-refractivity contribution in [1.82, 2.24) is 9.78 Å². The van der Waals surface area contributed by atoms with Gasteiger partial charge in [-0.2, -0.15) is 5.10 Å². The molecule has 1 aromatic carbocycles. The van der Waals surface area contributed by atoms with Gasteiger partial charge in [0.05, 0.1) is 22.8 Å². The maximum absolute atomic E-state index is 5.96. The van der Waals surface area contributed by atoms with Crippen molar-refractivity contribution in [2.75, 3.05) is 5.73 Å². The molecule has 2 aromatic rings. The standard InChI is InChI=1S/C15H21N3/c1-10-14(16)11(2)18(17-10)13-8-6-12(7-9-13)15(3,4)5/h6-9H,16H2,1-5H3. The van der Waals surface area contributed by atoms with E-state index in [4.69, 9.17) is 5.73 Å². The molecule has 1 aromatic heterocycles. The summed E-state index contributed by atoms with van der Waals surface area (Å²) < 4.78 is 1.90. The molecule has 0 atom stereocenters. The lowest BCUT2D eigenvalue weighted by Gasteiger charge is -2.19. The highest BCUT2D eigenvalue weighted by Gasteiger charge is 2.14. The van der Waals surface area contributed by atoms with Crippen LogP contribution in [0.4, 0.5) is 5.69 Å². The molecule has 1 heterocycles. The van der Waals surface area contributed by atoms with Crippen molar-refractivity contribution in [3.63, 3.8) is 0 Å². The summed E-state index contributed by atoms with van der Waals surface area (Å²) in [6, 6.07) is 8.50. The van der Waals surface area contributed by atoms with E-state index in [1.807, 2.05) is 18.5 Å². The SMILES string of the molecule is Cc1nn(-c2ccc(C(C)(C)C)cc2)c(C)c1N. The van der Waals surface area contributed by atoms with E-state index in [-0.39, 0.29) is 5.41 Å². The van der Waals surface area contributed by atoms with Crippen LogP contribution < -0.4 is 5.73 Å². The third-order valence-corrected chi connectivity index (χ3v) is 3.33. The fourth-order valence-electron chi connectivity index (χ4n) is 2.01. The Kier molecular flexibility index (Phi) is 2.93. The van der Waals surface area contributed by atoms with Crippen molar-refractivity contribution in [3.05, 3.63) is 41.2 Å². The van der Waals surface area contributed by atoms with Gasteiger partial charge in [-0.3, -0.25) is 0 Å². The summed E-state index contributed by atoms with van der Waals surface area (Å²) in [5.74, 6) is 0. The first kappa shape index (κ1) is 12.7. The molecule has 0 saturated carbocycles. The van der Waals surface area contributed by atoms with Gasteiger partial charge in [0, 0.05) is 0 Å². The Bertz CT molecular complexity index is 557. The molecule has 0 radical (unpaired) electrons. The number of aromatic nitrogens is 2. The van der Waals surface area contributed by atoms with Gasteiger partial charge in [0.15, 0.2) is 0 Å². The van der Waals surface area contributed by atoms with Gasteiger partial charge in [-0.05, 0) is 37.0 Å². The Morgan fingerprint density at radius 3 is 2.00 bits per heavy atom. The van der Waals surface area contributed by atoms with Crippen molar-refractivity contribution in [1.29, 1.82) is 0 Å². The second-order valence-electron chi connectivity index (χ2n) is 5.79. The maximum atomic E-state index is 5.96. The number of benzene rings is 1. The summed E-state index contributed by atoms with van der Waals surface area (Å²) in [7, 11) is 0. The van der Waals surface area contributed by atoms with Crippen LogP contribution in [-0.2, 0) is 5.41 Å². The van der Waals surface area contributed by atoms with Gasteiger partial charge in [0.1, 0.15) is 0 Å². The highest BCUT2D eigenvalue weighted by molar-refractivity contribution is 5.50. The molecule has 0 saturated heterocycles. The lowest BCUT2D eigenvalue weighted by Crippen LogP contribution is -2.11. The molecule has 2 N–H and O–H groups in total. The minimum absolute atomic E-state index is 0.173. The van der Waals surface area contributed by atoms with Crippen LogP contribution in [0.2, 0.25) is 0 Å². The molecular formula is C15H21N3. The Morgan fingerprint density at radius 2 is 1.61 bits per heavy atom. The van der Waals surface area contributed by atoms with E-state index < -0.39 is 0 Å². The molecule has 0 aliphatic carbocycles. The minimum atomic E-state index is 0.173. The second kappa shape index (κ2) is 4.16. The van der Waals surface area contributed by atoms with Gasteiger partial charge in [0.2, 0.25) is 0 Å². The third-order valence-electron chi connectivity index (χ3n) is 3.33. The Hall–Kier alpha value is -1.77. The predicted octanol–water partition coefficient (Wildman–Crippen LogP) is 3.37. The van der Waals surface area contributed by atoms with E-state index in [1.165, 1.54) is 5.56 Å². The van der Waals surface area contributed by atoms with Crippen LogP contribution in [0, 0.1) is 13.8 Å². The van der Waals surface area contributed by atoms with Gasteiger partial charge in [-0.15, -0.1) is 0 Å². The highest BCUT2D eigenvalue weighted by atomic mass is 15.3. The van der Waals surface area contributed by atoms with Crippen molar-refractivity contribution in [2.45, 2.75) is 40.0 Å². The third kappa shape index (κ3) is 2.13. The smallest absolute Gasteiger partial charge is 0.0830 e. The number of aryl methyl sites for hydroxylation is 1. The highest BCUT2D eigenvalue weighted by Crippen LogP contribution is 2.24. The molecule has 3 heteroatoms. The molecule has 0 bridgehead atoms. The monoisotopic (exact) mass is 243 g/mol. The Morgan fingerprint density at radius 1 is 1.06 bits per heavy atom. The van der Waals surface area contributed by atoms with Crippen molar-refractivity contribution in [3.8, 4) is 5.69 Å². The summed E-state index contributed by atoms with van der Waals surface area (Å²) in [5, 5.41) is 4.46. The zero-order chi connectivity index (χ0) is 13.5. The van der Waals surface area contributed by atoms with Crippen LogP contribution in [0.15, 0.2) is 24.3 Å². The molecule has 0 unspecified atom stereocenters. The summed E-state index contributed by atoms with van der Waals surface area (Å²) >= 11 is 0. The zero-order valence-corrected chi connectivity index (χ0v) is 11.8. The molecule has 2 rings (SSSR count). The zero-order valence-electron chi connectivity index (χ0n) is 11.8. The molecule has 0 aliphatic rings. The lowest BCUT2D eigenvalue weighted by atomic mass is 9.87. The van der Waals surface area contributed by atoms with Gasteiger partial charge in [-0.1, -0.05) is 32.9 Å². The van der Waals surface area contributed by atoms with E-state index in [1.54, 1.807) is 0 Å². The molecule has 3 nitrogen and oxygen atoms in total. The van der Waals surface area contributed by atoms with E-state index in [2.05, 4.69) is 50.1 Å². The van der Waals surface area contributed by atoms with Crippen LogP contribution in [-0.4, -0.2) is 9.78 Å². The fourth-order valence-corrected chi connectivity index (χ4v) is 2.01. The van der Waals surface area contributed by atoms with Crippen molar-refractivity contribution < 1.29 is 0 Å². The van der Waals surface area contributed by atoms with Crippen LogP contribution in [0.3, 0.4) is 0 Å². The van der Waals surface area contributed by atoms with Gasteiger partial charge in [0.25, 0.3) is 0 Å². The molecule has 0 aliphatic heterocycles. The molecular weight excluding hydrogens is 222 g/mol. The van der Waals surface area contributed by atoms with E-state index in [0.29, 0.717) is 0 Å². The number of anilines is 1. The molecule has 0 spiro atoms. The quantitative estimate of drug-likeness (QED) is 0.834. The average Bonchev–Trinajstić information content (AvgIpc) is 2.56. The number of hydrogen-bond acceptors (Lipinski definition) is 2. The van der Waals surface area contributed by atoms with E-state index in [9.17, 15) is 0 Å². The Labute approximate surface area is 109 Å². The first-order valence-electron chi connectivity index (χ1n) is 6.23. The summed E-state index contributed by atoms with van der Waals surface area (Å²) in [6.07, 6.45) is 0. The topological polar surface area (TPSA) is 43.8 Å². The van der Waals surface area contributed by atoms with E-state index in [0.717, 1.165) is 22.8 Å². The van der Waals surface area contributed by atoms with Crippen LogP contribution >= 0.6 is 0 Å². The predicted molar refractivity (Wildman–Crippen MR) is 76.2 cm³/mol. The first-order valence-corrected chi connectivity index (χ1v) is 6.23. The lowest BCUT2D eigenvalue weighted by molar-refractivity contribution is 0.590. The average molecular weight is 243 g/mol. The van der Waals surface area contributed by atoms with Gasteiger partial charge < -0.3 is 5.73 Å². The van der Waals surface area contributed by atoms with E-state index >= 15 is 0 Å². The number of nitrogens with zero attached hydrogens (tertiary/aromatic N) is 2. The normalized spacial score (nSPS) is 11.8. The Balaban J connectivity index is 2.44. The fraction of sp³-hybridized carbons (Fsp3) is 0.400. The van der Waals surface area contributed by atoms with Crippen molar-refractivity contribution >= 4 is 5.69 Å². The van der Waals surface area contributed by atoms with Gasteiger partial charge >= 0.3 is 0 Å². The summed E-state index contributed by atoms with van der Waals surface area (Å²) in [5.41, 5.74) is 11.2. The van der Waals surface area contributed by atoms with Crippen LogP contribution in [0.25, 0.3) is 5.69 Å². The maximum Gasteiger partial charge on any atom is 0.0830 e. The number of rotatable bonds is 1.